The van der Waals surface area contributed by atoms with E-state index in [9.17, 15) is 4.79 Å². The Hall–Kier alpha value is -1.23. The van der Waals surface area contributed by atoms with E-state index in [1.165, 1.54) is 0 Å². The lowest BCUT2D eigenvalue weighted by atomic mass is 10.2. The molecule has 94 valence electrons. The fourth-order valence-corrected chi connectivity index (χ4v) is 1.73. The number of benzene rings is 1. The third-order valence-corrected chi connectivity index (χ3v) is 2.98. The summed E-state index contributed by atoms with van der Waals surface area (Å²) in [7, 11) is 1.61. The van der Waals surface area contributed by atoms with Crippen LogP contribution in [0.25, 0.3) is 0 Å². The quantitative estimate of drug-likeness (QED) is 0.878. The van der Waals surface area contributed by atoms with Crippen molar-refractivity contribution in [2.24, 2.45) is 0 Å². The highest BCUT2D eigenvalue weighted by Gasteiger charge is 2.13. The molecule has 1 atom stereocenters. The van der Waals surface area contributed by atoms with Crippen molar-refractivity contribution in [1.82, 2.24) is 5.32 Å². The number of carbonyl (C=O) groups excluding carboxylic acids is 1. The number of anilines is 1. The van der Waals surface area contributed by atoms with Crippen molar-refractivity contribution in [2.75, 3.05) is 19.0 Å². The molecule has 1 aromatic rings. The molecule has 0 saturated heterocycles. The lowest BCUT2D eigenvalue weighted by Gasteiger charge is -2.16. The minimum atomic E-state index is -0.293. The number of hydrogen-bond acceptors (Lipinski definition) is 3. The Morgan fingerprint density at radius 1 is 1.53 bits per heavy atom. The van der Waals surface area contributed by atoms with Crippen LogP contribution in [0.4, 0.5) is 5.69 Å². The van der Waals surface area contributed by atoms with Gasteiger partial charge >= 0.3 is 0 Å². The number of rotatable bonds is 5. The van der Waals surface area contributed by atoms with Gasteiger partial charge in [0.15, 0.2) is 0 Å². The zero-order valence-corrected chi connectivity index (χ0v) is 11.8. The fourth-order valence-electron chi connectivity index (χ4n) is 1.37. The van der Waals surface area contributed by atoms with Crippen molar-refractivity contribution < 1.29 is 9.53 Å². The summed E-state index contributed by atoms with van der Waals surface area (Å²) in [6, 6.07) is 5.29. The summed E-state index contributed by atoms with van der Waals surface area (Å²) in [6.45, 7) is 4.34. The topological polar surface area (TPSA) is 50.4 Å². The molecule has 1 rings (SSSR count). The van der Waals surface area contributed by atoms with E-state index in [-0.39, 0.29) is 11.9 Å². The fraction of sp³-hybridized carbons (Fsp3) is 0.417. The van der Waals surface area contributed by atoms with Crippen LogP contribution in [0.15, 0.2) is 22.7 Å². The molecule has 0 heterocycles. The van der Waals surface area contributed by atoms with Crippen LogP contribution in [0.1, 0.15) is 13.8 Å². The maximum Gasteiger partial charge on any atom is 0.242 e. The SMILES string of the molecule is CCNC(=O)C(C)Nc1cc(OC)ccc1Br. The van der Waals surface area contributed by atoms with Gasteiger partial charge in [0.2, 0.25) is 5.91 Å². The van der Waals surface area contributed by atoms with E-state index in [0.717, 1.165) is 15.9 Å². The van der Waals surface area contributed by atoms with Crippen molar-refractivity contribution in [3.8, 4) is 5.75 Å². The molecule has 1 aromatic carbocycles. The molecule has 0 bridgehead atoms. The zero-order chi connectivity index (χ0) is 12.8. The first-order valence-corrected chi connectivity index (χ1v) is 6.25. The Bertz CT molecular complexity index is 396. The first kappa shape index (κ1) is 13.8. The van der Waals surface area contributed by atoms with Crippen molar-refractivity contribution in [3.05, 3.63) is 22.7 Å². The lowest BCUT2D eigenvalue weighted by Crippen LogP contribution is -2.37. The van der Waals surface area contributed by atoms with Gasteiger partial charge in [-0.2, -0.15) is 0 Å². The van der Waals surface area contributed by atoms with Gasteiger partial charge < -0.3 is 15.4 Å². The van der Waals surface area contributed by atoms with Gasteiger partial charge in [-0.3, -0.25) is 4.79 Å². The Kier molecular flexibility index (Phi) is 5.28. The van der Waals surface area contributed by atoms with Crippen LogP contribution in [-0.4, -0.2) is 25.6 Å². The monoisotopic (exact) mass is 300 g/mol. The molecule has 0 aliphatic rings. The maximum atomic E-state index is 11.6. The molecule has 0 radical (unpaired) electrons. The lowest BCUT2D eigenvalue weighted by molar-refractivity contribution is -0.121. The van der Waals surface area contributed by atoms with Gasteiger partial charge in [-0.05, 0) is 41.9 Å². The standard InChI is InChI=1S/C12H17BrN2O2/c1-4-14-12(16)8(2)15-11-7-9(17-3)5-6-10(11)13/h5-8,15H,4H2,1-3H3,(H,14,16). The summed E-state index contributed by atoms with van der Waals surface area (Å²) in [5.41, 5.74) is 0.836. The molecule has 17 heavy (non-hydrogen) atoms. The number of nitrogens with one attached hydrogen (secondary N) is 2. The first-order valence-electron chi connectivity index (χ1n) is 5.46. The summed E-state index contributed by atoms with van der Waals surface area (Å²) in [5, 5.41) is 5.90. The first-order chi connectivity index (χ1) is 8.08. The summed E-state index contributed by atoms with van der Waals surface area (Å²) in [6.07, 6.45) is 0. The van der Waals surface area contributed by atoms with Crippen molar-refractivity contribution in [1.29, 1.82) is 0 Å². The Morgan fingerprint density at radius 2 is 2.24 bits per heavy atom. The molecular weight excluding hydrogens is 284 g/mol. The summed E-state index contributed by atoms with van der Waals surface area (Å²) < 4.78 is 6.04. The molecule has 1 amide bonds. The van der Waals surface area contributed by atoms with Crippen LogP contribution in [0.3, 0.4) is 0 Å². The van der Waals surface area contributed by atoms with Crippen LogP contribution in [0.5, 0.6) is 5.75 Å². The number of ether oxygens (including phenoxy) is 1. The normalized spacial score (nSPS) is 11.8. The van der Waals surface area contributed by atoms with Gasteiger partial charge in [0, 0.05) is 17.1 Å². The van der Waals surface area contributed by atoms with Crippen LogP contribution in [-0.2, 0) is 4.79 Å². The molecule has 0 aromatic heterocycles. The molecular formula is C12H17BrN2O2. The summed E-state index contributed by atoms with van der Waals surface area (Å²) >= 11 is 3.43. The van der Waals surface area contributed by atoms with E-state index in [2.05, 4.69) is 26.6 Å². The molecule has 4 nitrogen and oxygen atoms in total. The smallest absolute Gasteiger partial charge is 0.242 e. The number of halogens is 1. The van der Waals surface area contributed by atoms with E-state index >= 15 is 0 Å². The number of carbonyl (C=O) groups is 1. The largest absolute Gasteiger partial charge is 0.497 e. The second-order valence-electron chi connectivity index (χ2n) is 3.61. The molecule has 0 aliphatic carbocycles. The van der Waals surface area contributed by atoms with Crippen molar-refractivity contribution in [3.63, 3.8) is 0 Å². The average molecular weight is 301 g/mol. The summed E-state index contributed by atoms with van der Waals surface area (Å²) in [4.78, 5) is 11.6. The van der Waals surface area contributed by atoms with Gasteiger partial charge in [0.25, 0.3) is 0 Å². The zero-order valence-electron chi connectivity index (χ0n) is 10.2. The average Bonchev–Trinajstić information content (AvgIpc) is 2.32. The molecule has 1 unspecified atom stereocenters. The predicted molar refractivity (Wildman–Crippen MR) is 72.5 cm³/mol. The highest BCUT2D eigenvalue weighted by Crippen LogP contribution is 2.27. The van der Waals surface area contributed by atoms with E-state index < -0.39 is 0 Å². The Balaban J connectivity index is 2.76. The van der Waals surface area contributed by atoms with Gasteiger partial charge in [0.1, 0.15) is 11.8 Å². The van der Waals surface area contributed by atoms with Gasteiger partial charge in [-0.25, -0.2) is 0 Å². The molecule has 0 spiro atoms. The van der Waals surface area contributed by atoms with Gasteiger partial charge in [-0.1, -0.05) is 0 Å². The van der Waals surface area contributed by atoms with Crippen LogP contribution < -0.4 is 15.4 Å². The number of hydrogen-bond donors (Lipinski definition) is 2. The Labute approximate surface area is 110 Å². The van der Waals surface area contributed by atoms with E-state index in [1.54, 1.807) is 7.11 Å². The van der Waals surface area contributed by atoms with Crippen LogP contribution in [0, 0.1) is 0 Å². The highest BCUT2D eigenvalue weighted by atomic mass is 79.9. The third kappa shape index (κ3) is 3.93. The molecule has 0 aliphatic heterocycles. The minimum absolute atomic E-state index is 0.0257. The molecule has 0 fully saturated rings. The maximum absolute atomic E-state index is 11.6. The molecule has 0 saturated carbocycles. The van der Waals surface area contributed by atoms with E-state index in [4.69, 9.17) is 4.74 Å². The predicted octanol–water partition coefficient (Wildman–Crippen LogP) is 2.39. The second kappa shape index (κ2) is 6.49. The molecule has 2 N–H and O–H groups in total. The highest BCUT2D eigenvalue weighted by molar-refractivity contribution is 9.10. The van der Waals surface area contributed by atoms with Crippen molar-refractivity contribution >= 4 is 27.5 Å². The number of amides is 1. The van der Waals surface area contributed by atoms with E-state index in [1.807, 2.05) is 32.0 Å². The van der Waals surface area contributed by atoms with Crippen LogP contribution >= 0.6 is 15.9 Å². The van der Waals surface area contributed by atoms with Crippen LogP contribution in [0.2, 0.25) is 0 Å². The van der Waals surface area contributed by atoms with Crippen molar-refractivity contribution in [2.45, 2.75) is 19.9 Å². The minimum Gasteiger partial charge on any atom is -0.497 e. The number of methoxy groups -OCH3 is 1. The molecule has 5 heteroatoms. The second-order valence-corrected chi connectivity index (χ2v) is 4.46. The Morgan fingerprint density at radius 3 is 2.82 bits per heavy atom. The number of likely N-dealkylation sites (N-methyl/N-ethyl adjacent to an activating group) is 1. The van der Waals surface area contributed by atoms with Gasteiger partial charge in [-0.15, -0.1) is 0 Å². The van der Waals surface area contributed by atoms with E-state index in [0.29, 0.717) is 6.54 Å². The summed E-state index contributed by atoms with van der Waals surface area (Å²) in [5.74, 6) is 0.723. The van der Waals surface area contributed by atoms with Gasteiger partial charge in [0.05, 0.1) is 12.8 Å². The third-order valence-electron chi connectivity index (χ3n) is 2.29.